The van der Waals surface area contributed by atoms with Crippen molar-refractivity contribution in [3.8, 4) is 0 Å². The number of carbonyl (C=O) groups excluding carboxylic acids is 1. The fourth-order valence-electron chi connectivity index (χ4n) is 1.92. The highest BCUT2D eigenvalue weighted by molar-refractivity contribution is 7.88. The van der Waals surface area contributed by atoms with Crippen LogP contribution in [0.4, 0.5) is 0 Å². The van der Waals surface area contributed by atoms with Crippen molar-refractivity contribution in [2.45, 2.75) is 31.6 Å². The molecule has 21 heavy (non-hydrogen) atoms. The molecule has 0 radical (unpaired) electrons. The van der Waals surface area contributed by atoms with E-state index in [-0.39, 0.29) is 18.4 Å². The van der Waals surface area contributed by atoms with Crippen LogP contribution in [0.3, 0.4) is 0 Å². The number of benzene rings is 1. The van der Waals surface area contributed by atoms with Gasteiger partial charge in [0, 0.05) is 12.6 Å². The lowest BCUT2D eigenvalue weighted by molar-refractivity contribution is 0.0600. The zero-order chi connectivity index (χ0) is 15.9. The zero-order valence-electron chi connectivity index (χ0n) is 12.2. The summed E-state index contributed by atoms with van der Waals surface area (Å²) in [5, 5.41) is 8.89. The summed E-state index contributed by atoms with van der Waals surface area (Å²) in [7, 11) is -2.26. The summed E-state index contributed by atoms with van der Waals surface area (Å²) in [6.45, 7) is 1.78. The maximum absolute atomic E-state index is 12.1. The molecule has 2 N–H and O–H groups in total. The average molecular weight is 315 g/mol. The van der Waals surface area contributed by atoms with Gasteiger partial charge in [-0.25, -0.2) is 17.9 Å². The van der Waals surface area contributed by atoms with Crippen LogP contribution in [0.1, 0.15) is 35.7 Å². The second-order valence-electron chi connectivity index (χ2n) is 4.69. The van der Waals surface area contributed by atoms with Gasteiger partial charge >= 0.3 is 5.97 Å². The number of hydrogen-bond donors (Lipinski definition) is 2. The third kappa shape index (κ3) is 5.82. The molecule has 118 valence electrons. The normalized spacial score (nSPS) is 12.9. The minimum Gasteiger partial charge on any atom is -0.465 e. The largest absolute Gasteiger partial charge is 0.465 e. The Morgan fingerprint density at radius 1 is 1.43 bits per heavy atom. The zero-order valence-corrected chi connectivity index (χ0v) is 13.0. The van der Waals surface area contributed by atoms with E-state index in [2.05, 4.69) is 9.46 Å². The minimum atomic E-state index is -3.53. The molecule has 0 amide bonds. The number of ether oxygens (including phenoxy) is 1. The van der Waals surface area contributed by atoms with E-state index in [1.807, 2.05) is 6.92 Å². The quantitative estimate of drug-likeness (QED) is 0.700. The summed E-state index contributed by atoms with van der Waals surface area (Å²) in [6, 6.07) is 6.03. The first-order chi connectivity index (χ1) is 9.91. The first-order valence-electron chi connectivity index (χ1n) is 6.70. The number of sulfonamides is 1. The maximum Gasteiger partial charge on any atom is 0.337 e. The van der Waals surface area contributed by atoms with E-state index in [9.17, 15) is 13.2 Å². The molecule has 1 aromatic carbocycles. The smallest absolute Gasteiger partial charge is 0.337 e. The standard InChI is InChI=1S/C14H21NO5S/c1-3-13(7-8-16)15-21(18,19)10-11-5-4-6-12(9-11)14(17)20-2/h4-6,9,13,15-16H,3,7-8,10H2,1-2H3. The fraction of sp³-hybridized carbons (Fsp3) is 0.500. The van der Waals surface area contributed by atoms with E-state index in [1.165, 1.54) is 13.2 Å². The topological polar surface area (TPSA) is 92.7 Å². The number of carbonyl (C=O) groups is 1. The monoisotopic (exact) mass is 315 g/mol. The summed E-state index contributed by atoms with van der Waals surface area (Å²) in [5.41, 5.74) is 0.817. The molecule has 0 aliphatic carbocycles. The van der Waals surface area contributed by atoms with E-state index >= 15 is 0 Å². The SMILES string of the molecule is CCC(CCO)NS(=O)(=O)Cc1cccc(C(=O)OC)c1. The Morgan fingerprint density at radius 2 is 2.14 bits per heavy atom. The molecule has 6 nitrogen and oxygen atoms in total. The molecule has 0 fully saturated rings. The number of aliphatic hydroxyl groups excluding tert-OH is 1. The Morgan fingerprint density at radius 3 is 2.71 bits per heavy atom. The molecule has 0 aliphatic rings. The van der Waals surface area contributed by atoms with Gasteiger partial charge in [0.15, 0.2) is 0 Å². The Hall–Kier alpha value is -1.44. The van der Waals surface area contributed by atoms with Gasteiger partial charge in [-0.2, -0.15) is 0 Å². The third-order valence-electron chi connectivity index (χ3n) is 3.02. The number of aliphatic hydroxyl groups is 1. The first-order valence-corrected chi connectivity index (χ1v) is 8.35. The van der Waals surface area contributed by atoms with E-state index in [1.54, 1.807) is 18.2 Å². The molecule has 0 bridgehead atoms. The van der Waals surface area contributed by atoms with Gasteiger partial charge in [-0.05, 0) is 30.5 Å². The van der Waals surface area contributed by atoms with Crippen LogP contribution in [0.2, 0.25) is 0 Å². The van der Waals surface area contributed by atoms with Crippen molar-refractivity contribution in [2.75, 3.05) is 13.7 Å². The van der Waals surface area contributed by atoms with Crippen LogP contribution in [0, 0.1) is 0 Å². The fourth-order valence-corrected chi connectivity index (χ4v) is 3.42. The van der Waals surface area contributed by atoms with Crippen molar-refractivity contribution in [3.63, 3.8) is 0 Å². The lowest BCUT2D eigenvalue weighted by Gasteiger charge is -2.16. The highest BCUT2D eigenvalue weighted by Gasteiger charge is 2.17. The van der Waals surface area contributed by atoms with Gasteiger partial charge in [-0.3, -0.25) is 0 Å². The molecule has 1 aromatic rings. The third-order valence-corrected chi connectivity index (χ3v) is 4.43. The van der Waals surface area contributed by atoms with E-state index < -0.39 is 16.0 Å². The summed E-state index contributed by atoms with van der Waals surface area (Å²) >= 11 is 0. The van der Waals surface area contributed by atoms with Crippen LogP contribution in [0.25, 0.3) is 0 Å². The molecule has 0 aromatic heterocycles. The Bertz CT molecular complexity index is 570. The number of rotatable bonds is 8. The second kappa shape index (κ2) is 8.11. The van der Waals surface area contributed by atoms with E-state index in [4.69, 9.17) is 5.11 Å². The molecule has 1 unspecified atom stereocenters. The average Bonchev–Trinajstić information content (AvgIpc) is 2.45. The van der Waals surface area contributed by atoms with Crippen molar-refractivity contribution < 1.29 is 23.1 Å². The Labute approximate surface area is 125 Å². The van der Waals surface area contributed by atoms with Crippen LogP contribution in [-0.4, -0.2) is 39.3 Å². The van der Waals surface area contributed by atoms with Gasteiger partial charge in [-0.1, -0.05) is 19.1 Å². The Kier molecular flexibility index (Phi) is 6.80. The number of hydrogen-bond acceptors (Lipinski definition) is 5. The lowest BCUT2D eigenvalue weighted by Crippen LogP contribution is -2.35. The molecular weight excluding hydrogens is 294 g/mol. The van der Waals surface area contributed by atoms with Crippen molar-refractivity contribution in [2.24, 2.45) is 0 Å². The second-order valence-corrected chi connectivity index (χ2v) is 6.44. The predicted molar refractivity (Wildman–Crippen MR) is 79.3 cm³/mol. The molecule has 0 heterocycles. The molecule has 0 saturated carbocycles. The summed E-state index contributed by atoms with van der Waals surface area (Å²) in [6.07, 6.45) is 0.972. The minimum absolute atomic E-state index is 0.0706. The predicted octanol–water partition coefficient (Wildman–Crippen LogP) is 1.05. The van der Waals surface area contributed by atoms with Crippen LogP contribution < -0.4 is 4.72 Å². The van der Waals surface area contributed by atoms with Crippen molar-refractivity contribution in [1.29, 1.82) is 0 Å². The van der Waals surface area contributed by atoms with Gasteiger partial charge in [0.1, 0.15) is 0 Å². The number of methoxy groups -OCH3 is 1. The first kappa shape index (κ1) is 17.6. The van der Waals surface area contributed by atoms with Crippen LogP contribution in [0.15, 0.2) is 24.3 Å². The highest BCUT2D eigenvalue weighted by atomic mass is 32.2. The van der Waals surface area contributed by atoms with E-state index in [0.29, 0.717) is 24.0 Å². The van der Waals surface area contributed by atoms with Crippen LogP contribution in [0.5, 0.6) is 0 Å². The van der Waals surface area contributed by atoms with Gasteiger partial charge in [0.25, 0.3) is 0 Å². The van der Waals surface area contributed by atoms with E-state index in [0.717, 1.165) is 0 Å². The van der Waals surface area contributed by atoms with Gasteiger partial charge < -0.3 is 9.84 Å². The number of nitrogens with one attached hydrogen (secondary N) is 1. The maximum atomic E-state index is 12.1. The van der Waals surface area contributed by atoms with Crippen LogP contribution >= 0.6 is 0 Å². The summed E-state index contributed by atoms with van der Waals surface area (Å²) in [4.78, 5) is 11.4. The van der Waals surface area contributed by atoms with Gasteiger partial charge in [0.2, 0.25) is 10.0 Å². The Balaban J connectivity index is 2.81. The van der Waals surface area contributed by atoms with Crippen molar-refractivity contribution >= 4 is 16.0 Å². The van der Waals surface area contributed by atoms with Crippen molar-refractivity contribution in [3.05, 3.63) is 35.4 Å². The van der Waals surface area contributed by atoms with Crippen molar-refractivity contribution in [1.82, 2.24) is 4.72 Å². The highest BCUT2D eigenvalue weighted by Crippen LogP contribution is 2.11. The summed E-state index contributed by atoms with van der Waals surface area (Å²) < 4.78 is 31.3. The molecule has 1 atom stereocenters. The van der Waals surface area contributed by atoms with Gasteiger partial charge in [0.05, 0.1) is 18.4 Å². The molecule has 1 rings (SSSR count). The molecule has 7 heteroatoms. The lowest BCUT2D eigenvalue weighted by atomic mass is 10.1. The molecule has 0 saturated heterocycles. The van der Waals surface area contributed by atoms with Gasteiger partial charge in [-0.15, -0.1) is 0 Å². The van der Waals surface area contributed by atoms with Crippen LogP contribution in [-0.2, 0) is 20.5 Å². The molecule has 0 aliphatic heterocycles. The molecular formula is C14H21NO5S. The summed E-state index contributed by atoms with van der Waals surface area (Å²) in [5.74, 6) is -0.728. The number of esters is 1. The molecule has 0 spiro atoms.